The maximum absolute atomic E-state index is 12.8. The zero-order chi connectivity index (χ0) is 15.9. The molecule has 0 amide bonds. The predicted molar refractivity (Wildman–Crippen MR) is 92.6 cm³/mol. The molecule has 22 heavy (non-hydrogen) atoms. The number of benzene rings is 1. The van der Waals surface area contributed by atoms with Gasteiger partial charge < -0.3 is 0 Å². The van der Waals surface area contributed by atoms with E-state index >= 15 is 0 Å². The van der Waals surface area contributed by atoms with Gasteiger partial charge in [-0.15, -0.1) is 17.8 Å². The van der Waals surface area contributed by atoms with Crippen molar-refractivity contribution in [3.05, 3.63) is 50.1 Å². The lowest BCUT2D eigenvalue weighted by atomic mass is 10.2. The molecule has 0 atom stereocenters. The second kappa shape index (κ2) is 5.60. The van der Waals surface area contributed by atoms with Gasteiger partial charge in [0.2, 0.25) is 0 Å². The lowest BCUT2D eigenvalue weighted by molar-refractivity contribution is 0.796. The normalized spacial score (nSPS) is 10.8. The van der Waals surface area contributed by atoms with Crippen LogP contribution in [0.1, 0.15) is 10.4 Å². The van der Waals surface area contributed by atoms with Crippen LogP contribution in [0, 0.1) is 26.2 Å². The molecule has 3 aromatic rings. The monoisotopic (exact) mass is 328 g/mol. The average molecular weight is 329 g/mol. The van der Waals surface area contributed by atoms with Gasteiger partial charge in [0.25, 0.3) is 5.56 Å². The van der Waals surface area contributed by atoms with E-state index in [1.165, 1.54) is 15.9 Å². The van der Waals surface area contributed by atoms with Gasteiger partial charge in [-0.2, -0.15) is 0 Å². The third kappa shape index (κ3) is 2.23. The predicted octanol–water partition coefficient (Wildman–Crippen LogP) is 4.03. The van der Waals surface area contributed by atoms with Crippen molar-refractivity contribution in [1.82, 2.24) is 9.55 Å². The van der Waals surface area contributed by atoms with Gasteiger partial charge in [0.15, 0.2) is 0 Å². The van der Waals surface area contributed by atoms with Crippen LogP contribution in [-0.4, -0.2) is 9.55 Å². The zero-order valence-electron chi connectivity index (χ0n) is 12.2. The highest BCUT2D eigenvalue weighted by Crippen LogP contribution is 2.31. The van der Waals surface area contributed by atoms with Crippen LogP contribution < -0.4 is 5.56 Å². The van der Waals surface area contributed by atoms with E-state index in [0.29, 0.717) is 21.8 Å². The second-order valence-corrected chi connectivity index (χ2v) is 6.58. The fourth-order valence-electron chi connectivity index (χ4n) is 2.41. The van der Waals surface area contributed by atoms with Gasteiger partial charge in [0, 0.05) is 10.4 Å². The molecule has 0 aliphatic carbocycles. The molecule has 0 saturated carbocycles. The lowest BCUT2D eigenvalue weighted by Gasteiger charge is -2.11. The topological polar surface area (TPSA) is 34.9 Å². The van der Waals surface area contributed by atoms with Crippen molar-refractivity contribution in [2.75, 3.05) is 0 Å². The maximum Gasteiger partial charge on any atom is 0.263 e. The minimum Gasteiger partial charge on any atom is -0.280 e. The Kier molecular flexibility index (Phi) is 3.78. The first-order chi connectivity index (χ1) is 10.5. The van der Waals surface area contributed by atoms with Gasteiger partial charge in [-0.25, -0.2) is 4.98 Å². The molecule has 0 radical (unpaired) electrons. The summed E-state index contributed by atoms with van der Waals surface area (Å²) < 4.78 is 1.52. The van der Waals surface area contributed by atoms with E-state index in [4.69, 9.17) is 18.0 Å². The number of terminal acetylenes is 1. The minimum absolute atomic E-state index is 0.111. The fraction of sp³-hybridized carbons (Fsp3) is 0.176. The maximum atomic E-state index is 12.8. The number of aryl methyl sites for hydroxylation is 2. The summed E-state index contributed by atoms with van der Waals surface area (Å²) in [5, 5.41) is 1.19. The van der Waals surface area contributed by atoms with Crippen molar-refractivity contribution in [3.8, 4) is 23.7 Å². The van der Waals surface area contributed by atoms with Gasteiger partial charge in [0.05, 0.1) is 17.0 Å². The summed E-state index contributed by atoms with van der Waals surface area (Å²) in [6, 6.07) is 7.32. The highest BCUT2D eigenvalue weighted by molar-refractivity contribution is 7.18. The van der Waals surface area contributed by atoms with E-state index in [1.54, 1.807) is 6.07 Å². The van der Waals surface area contributed by atoms with Crippen LogP contribution in [0.2, 0.25) is 5.02 Å². The largest absolute Gasteiger partial charge is 0.280 e. The smallest absolute Gasteiger partial charge is 0.263 e. The summed E-state index contributed by atoms with van der Waals surface area (Å²) in [6.07, 6.45) is 5.43. The molecule has 0 bridgehead atoms. The molecule has 0 aliphatic rings. The molecule has 0 fully saturated rings. The van der Waals surface area contributed by atoms with E-state index in [0.717, 1.165) is 15.3 Å². The van der Waals surface area contributed by atoms with E-state index in [9.17, 15) is 4.79 Å². The molecular weight excluding hydrogens is 316 g/mol. The van der Waals surface area contributed by atoms with Crippen molar-refractivity contribution in [2.24, 2.45) is 0 Å². The molecule has 2 aromatic heterocycles. The van der Waals surface area contributed by atoms with Gasteiger partial charge >= 0.3 is 0 Å². The number of aromatic nitrogens is 2. The third-order valence-electron chi connectivity index (χ3n) is 3.65. The Balaban J connectivity index is 2.45. The van der Waals surface area contributed by atoms with Gasteiger partial charge in [-0.05, 0) is 31.5 Å². The lowest BCUT2D eigenvalue weighted by Crippen LogP contribution is -2.23. The van der Waals surface area contributed by atoms with E-state index in [1.807, 2.05) is 32.0 Å². The van der Waals surface area contributed by atoms with Crippen LogP contribution in [0.5, 0.6) is 0 Å². The van der Waals surface area contributed by atoms with Crippen LogP contribution in [0.15, 0.2) is 29.1 Å². The summed E-state index contributed by atoms with van der Waals surface area (Å²) >= 11 is 7.78. The van der Waals surface area contributed by atoms with Crippen LogP contribution in [-0.2, 0) is 6.54 Å². The van der Waals surface area contributed by atoms with E-state index < -0.39 is 0 Å². The Hall–Kier alpha value is -2.09. The summed E-state index contributed by atoms with van der Waals surface area (Å²) in [4.78, 5) is 19.3. The molecule has 5 heteroatoms. The Morgan fingerprint density at radius 1 is 1.36 bits per heavy atom. The number of hydrogen-bond acceptors (Lipinski definition) is 3. The number of fused-ring (bicyclic) bond motifs is 1. The Labute approximate surface area is 137 Å². The molecule has 0 N–H and O–H groups in total. The number of hydrogen-bond donors (Lipinski definition) is 0. The number of rotatable bonds is 2. The van der Waals surface area contributed by atoms with Crippen LogP contribution in [0.3, 0.4) is 0 Å². The molecule has 0 spiro atoms. The Morgan fingerprint density at radius 2 is 2.09 bits per heavy atom. The zero-order valence-corrected chi connectivity index (χ0v) is 13.8. The van der Waals surface area contributed by atoms with E-state index in [2.05, 4.69) is 10.9 Å². The molecule has 3 nitrogen and oxygen atoms in total. The summed E-state index contributed by atoms with van der Waals surface area (Å²) in [7, 11) is 0. The highest BCUT2D eigenvalue weighted by Gasteiger charge is 2.18. The van der Waals surface area contributed by atoms with Crippen LogP contribution in [0.4, 0.5) is 0 Å². The van der Waals surface area contributed by atoms with Crippen molar-refractivity contribution < 1.29 is 0 Å². The van der Waals surface area contributed by atoms with Crippen molar-refractivity contribution in [2.45, 2.75) is 20.4 Å². The van der Waals surface area contributed by atoms with Crippen molar-refractivity contribution in [3.63, 3.8) is 0 Å². The fourth-order valence-corrected chi connectivity index (χ4v) is 3.65. The first-order valence-electron chi connectivity index (χ1n) is 6.73. The highest BCUT2D eigenvalue weighted by atomic mass is 35.5. The first-order valence-corrected chi connectivity index (χ1v) is 7.93. The molecule has 1 aromatic carbocycles. The van der Waals surface area contributed by atoms with Crippen molar-refractivity contribution in [1.29, 1.82) is 0 Å². The number of nitrogens with zero attached hydrogens (tertiary/aromatic N) is 2. The standard InChI is InChI=1S/C17H13ClN2OS/c1-4-9-20-15(12-7-5-6-8-13(12)18)19-16-14(17(20)21)10(2)11(3)22-16/h1,5-8H,9H2,2-3H3. The van der Waals surface area contributed by atoms with Gasteiger partial charge in [-0.1, -0.05) is 29.7 Å². The summed E-state index contributed by atoms with van der Waals surface area (Å²) in [5.41, 5.74) is 1.57. The average Bonchev–Trinajstić information content (AvgIpc) is 2.78. The van der Waals surface area contributed by atoms with Gasteiger partial charge in [0.1, 0.15) is 10.7 Å². The third-order valence-corrected chi connectivity index (χ3v) is 5.08. The summed E-state index contributed by atoms with van der Waals surface area (Å²) in [5.74, 6) is 3.04. The SMILES string of the molecule is C#CCn1c(-c2ccccc2Cl)nc2sc(C)c(C)c2c1=O. The molecule has 0 aliphatic heterocycles. The number of thiophene rings is 1. The Bertz CT molecular complexity index is 979. The Morgan fingerprint density at radius 3 is 2.77 bits per heavy atom. The molecule has 3 rings (SSSR count). The van der Waals surface area contributed by atoms with Crippen molar-refractivity contribution >= 4 is 33.2 Å². The molecule has 0 saturated heterocycles. The molecule has 110 valence electrons. The van der Waals surface area contributed by atoms with Gasteiger partial charge in [-0.3, -0.25) is 9.36 Å². The quantitative estimate of drug-likeness (QED) is 0.666. The minimum atomic E-state index is -0.111. The van der Waals surface area contributed by atoms with E-state index in [-0.39, 0.29) is 12.1 Å². The second-order valence-electron chi connectivity index (χ2n) is 4.97. The van der Waals surface area contributed by atoms with Crippen LogP contribution in [0.25, 0.3) is 21.6 Å². The molecule has 2 heterocycles. The number of halogens is 1. The van der Waals surface area contributed by atoms with Crippen LogP contribution >= 0.6 is 22.9 Å². The first kappa shape index (κ1) is 14.8. The molecular formula is C17H13ClN2OS. The summed E-state index contributed by atoms with van der Waals surface area (Å²) in [6.45, 7) is 4.09. The molecule has 0 unspecified atom stereocenters.